The molecule has 0 rings (SSSR count). The van der Waals surface area contributed by atoms with Crippen LogP contribution in [0, 0.1) is 0 Å². The van der Waals surface area contributed by atoms with E-state index in [1.807, 2.05) is 6.92 Å². The van der Waals surface area contributed by atoms with E-state index in [0.29, 0.717) is 6.47 Å². The molecule has 0 amide bonds. The van der Waals surface area contributed by atoms with Crippen molar-refractivity contribution >= 4 is 12.3 Å². The summed E-state index contributed by atoms with van der Waals surface area (Å²) in [6, 6.07) is -0.176. The minimum Gasteiger partial charge on any atom is -0.471 e. The standard InChI is InChI=1S/C7H15NO2.C2H4O2/c1-5(9)7(8-3)6(2)10-4;1-4-2-3/h6-8H,1-4H3;2H,1H3/t6-,7-;/m1./s1. The Kier molecular flexibility index (Phi) is 11.3. The summed E-state index contributed by atoms with van der Waals surface area (Å²) in [6.45, 7) is 3.79. The molecule has 5 heteroatoms. The molecule has 1 N–H and O–H groups in total. The number of hydrogen-bond acceptors (Lipinski definition) is 5. The molecule has 84 valence electrons. The Bertz CT molecular complexity index is 161. The van der Waals surface area contributed by atoms with Crippen molar-refractivity contribution in [3.05, 3.63) is 0 Å². The molecule has 0 aliphatic heterocycles. The minimum absolute atomic E-state index is 0.0532. The first-order valence-corrected chi connectivity index (χ1v) is 4.22. The van der Waals surface area contributed by atoms with Gasteiger partial charge < -0.3 is 14.8 Å². The summed E-state index contributed by atoms with van der Waals surface area (Å²) in [6.07, 6.45) is -0.0532. The summed E-state index contributed by atoms with van der Waals surface area (Å²) in [7, 11) is 4.66. The highest BCUT2D eigenvalue weighted by atomic mass is 16.5. The van der Waals surface area contributed by atoms with Crippen molar-refractivity contribution < 1.29 is 19.1 Å². The number of rotatable bonds is 5. The van der Waals surface area contributed by atoms with Crippen molar-refractivity contribution in [3.8, 4) is 0 Å². The maximum atomic E-state index is 10.8. The Morgan fingerprint density at radius 2 is 1.86 bits per heavy atom. The van der Waals surface area contributed by atoms with E-state index >= 15 is 0 Å². The molecule has 0 saturated heterocycles. The van der Waals surface area contributed by atoms with Gasteiger partial charge in [0.25, 0.3) is 6.47 Å². The van der Waals surface area contributed by atoms with Crippen molar-refractivity contribution in [2.24, 2.45) is 0 Å². The fourth-order valence-corrected chi connectivity index (χ4v) is 0.905. The number of nitrogens with one attached hydrogen (secondary N) is 1. The second kappa shape index (κ2) is 10.1. The first-order valence-electron chi connectivity index (χ1n) is 4.22. The first-order chi connectivity index (χ1) is 6.54. The van der Waals surface area contributed by atoms with Gasteiger partial charge in [-0.15, -0.1) is 0 Å². The van der Waals surface area contributed by atoms with Gasteiger partial charge in [0.15, 0.2) is 0 Å². The zero-order valence-corrected chi connectivity index (χ0v) is 9.37. The molecule has 0 aliphatic rings. The Labute approximate surface area is 84.8 Å². The molecule has 0 aromatic rings. The number of carbonyl (C=O) groups excluding carboxylic acids is 2. The molecular weight excluding hydrogens is 186 g/mol. The number of likely N-dealkylation sites (N-methyl/N-ethyl adjacent to an activating group) is 1. The van der Waals surface area contributed by atoms with Crippen LogP contribution in [0.3, 0.4) is 0 Å². The summed E-state index contributed by atoms with van der Waals surface area (Å²) in [5.41, 5.74) is 0. The third-order valence-electron chi connectivity index (χ3n) is 1.69. The van der Waals surface area contributed by atoms with E-state index in [2.05, 4.69) is 10.1 Å². The van der Waals surface area contributed by atoms with E-state index in [-0.39, 0.29) is 17.9 Å². The van der Waals surface area contributed by atoms with Gasteiger partial charge in [-0.05, 0) is 20.9 Å². The molecule has 0 bridgehead atoms. The molecular formula is C9H19NO4. The van der Waals surface area contributed by atoms with Crippen LogP contribution in [-0.4, -0.2) is 45.7 Å². The van der Waals surface area contributed by atoms with Gasteiger partial charge in [0.1, 0.15) is 5.78 Å². The number of ether oxygens (including phenoxy) is 2. The van der Waals surface area contributed by atoms with Crippen molar-refractivity contribution in [2.75, 3.05) is 21.3 Å². The fraction of sp³-hybridized carbons (Fsp3) is 0.778. The Morgan fingerprint density at radius 3 is 1.93 bits per heavy atom. The number of ketones is 1. The van der Waals surface area contributed by atoms with Crippen LogP contribution in [0.25, 0.3) is 0 Å². The minimum atomic E-state index is -0.176. The average Bonchev–Trinajstić information content (AvgIpc) is 2.18. The van der Waals surface area contributed by atoms with Gasteiger partial charge in [0.2, 0.25) is 0 Å². The number of hydrogen-bond donors (Lipinski definition) is 1. The lowest BCUT2D eigenvalue weighted by Gasteiger charge is -2.18. The second-order valence-electron chi connectivity index (χ2n) is 2.65. The van der Waals surface area contributed by atoms with E-state index in [1.165, 1.54) is 7.11 Å². The molecule has 5 nitrogen and oxygen atoms in total. The van der Waals surface area contributed by atoms with Gasteiger partial charge in [0, 0.05) is 7.11 Å². The summed E-state index contributed by atoms with van der Waals surface area (Å²) in [5, 5.41) is 2.88. The molecule has 0 spiro atoms. The number of methoxy groups -OCH3 is 2. The molecule has 0 aliphatic carbocycles. The van der Waals surface area contributed by atoms with Crippen LogP contribution < -0.4 is 5.32 Å². The van der Waals surface area contributed by atoms with E-state index < -0.39 is 0 Å². The maximum Gasteiger partial charge on any atom is 0.292 e. The molecule has 0 aromatic heterocycles. The average molecular weight is 205 g/mol. The van der Waals surface area contributed by atoms with Gasteiger partial charge in [-0.2, -0.15) is 0 Å². The topological polar surface area (TPSA) is 64.6 Å². The van der Waals surface area contributed by atoms with Gasteiger partial charge in [-0.1, -0.05) is 0 Å². The van der Waals surface area contributed by atoms with Crippen LogP contribution in [0.4, 0.5) is 0 Å². The van der Waals surface area contributed by atoms with Crippen molar-refractivity contribution in [1.82, 2.24) is 5.32 Å². The lowest BCUT2D eigenvalue weighted by atomic mass is 10.1. The van der Waals surface area contributed by atoms with Crippen molar-refractivity contribution in [3.63, 3.8) is 0 Å². The van der Waals surface area contributed by atoms with Crippen molar-refractivity contribution in [2.45, 2.75) is 26.0 Å². The maximum absolute atomic E-state index is 10.8. The predicted molar refractivity (Wildman–Crippen MR) is 53.1 cm³/mol. The van der Waals surface area contributed by atoms with Gasteiger partial charge in [-0.3, -0.25) is 9.59 Å². The second-order valence-corrected chi connectivity index (χ2v) is 2.65. The van der Waals surface area contributed by atoms with Gasteiger partial charge in [-0.25, -0.2) is 0 Å². The summed E-state index contributed by atoms with van der Waals surface area (Å²) in [5.74, 6) is 0.108. The SMILES string of the molecule is CN[C@H](C(C)=O)[C@@H](C)OC.COC=O. The normalized spacial score (nSPS) is 13.2. The molecule has 0 fully saturated rings. The summed E-state index contributed by atoms with van der Waals surface area (Å²) in [4.78, 5) is 19.8. The highest BCUT2D eigenvalue weighted by Crippen LogP contribution is 1.97. The lowest BCUT2D eigenvalue weighted by Crippen LogP contribution is -2.42. The predicted octanol–water partition coefficient (Wildman–Crippen LogP) is -0.0125. The smallest absolute Gasteiger partial charge is 0.292 e. The third-order valence-corrected chi connectivity index (χ3v) is 1.69. The van der Waals surface area contributed by atoms with Gasteiger partial charge in [0.05, 0.1) is 19.3 Å². The third kappa shape index (κ3) is 7.70. The Morgan fingerprint density at radius 1 is 1.43 bits per heavy atom. The zero-order valence-electron chi connectivity index (χ0n) is 9.37. The molecule has 2 atom stereocenters. The van der Waals surface area contributed by atoms with Crippen LogP contribution in [0.5, 0.6) is 0 Å². The summed E-state index contributed by atoms with van der Waals surface area (Å²) < 4.78 is 8.84. The quantitative estimate of drug-likeness (QED) is 0.639. The Hall–Kier alpha value is -0.940. The molecule has 0 radical (unpaired) electrons. The highest BCUT2D eigenvalue weighted by molar-refractivity contribution is 5.82. The first kappa shape index (κ1) is 15.5. The van der Waals surface area contributed by atoms with E-state index in [4.69, 9.17) is 9.53 Å². The van der Waals surface area contributed by atoms with Crippen LogP contribution in [0.15, 0.2) is 0 Å². The van der Waals surface area contributed by atoms with Crippen LogP contribution >= 0.6 is 0 Å². The highest BCUT2D eigenvalue weighted by Gasteiger charge is 2.18. The number of Topliss-reactive ketones (excluding diaryl/α,β-unsaturated/α-hetero) is 1. The van der Waals surface area contributed by atoms with Crippen LogP contribution in [0.1, 0.15) is 13.8 Å². The zero-order chi connectivity index (χ0) is 11.6. The fourth-order valence-electron chi connectivity index (χ4n) is 0.905. The van der Waals surface area contributed by atoms with Crippen LogP contribution in [-0.2, 0) is 19.1 Å². The molecule has 14 heavy (non-hydrogen) atoms. The van der Waals surface area contributed by atoms with Gasteiger partial charge >= 0.3 is 0 Å². The van der Waals surface area contributed by atoms with Crippen LogP contribution in [0.2, 0.25) is 0 Å². The lowest BCUT2D eigenvalue weighted by molar-refractivity contribution is -0.126. The Balaban J connectivity index is 0. The molecule has 0 saturated carbocycles. The van der Waals surface area contributed by atoms with Crippen molar-refractivity contribution in [1.29, 1.82) is 0 Å². The molecule has 0 heterocycles. The monoisotopic (exact) mass is 205 g/mol. The number of carbonyl (C=O) groups is 2. The molecule has 0 aromatic carbocycles. The van der Waals surface area contributed by atoms with E-state index in [9.17, 15) is 4.79 Å². The largest absolute Gasteiger partial charge is 0.471 e. The molecule has 0 unspecified atom stereocenters. The summed E-state index contributed by atoms with van der Waals surface area (Å²) >= 11 is 0. The van der Waals surface area contributed by atoms with E-state index in [1.54, 1.807) is 21.1 Å². The van der Waals surface area contributed by atoms with E-state index in [0.717, 1.165) is 0 Å².